The number of nitrogens with one attached hydrogen (secondary N) is 1. The monoisotopic (exact) mass is 392 g/mol. The van der Waals surface area contributed by atoms with E-state index in [-0.39, 0.29) is 5.60 Å². The van der Waals surface area contributed by atoms with Crippen molar-refractivity contribution in [2.45, 2.75) is 52.6 Å². The lowest BCUT2D eigenvalue weighted by atomic mass is 10.1. The van der Waals surface area contributed by atoms with Gasteiger partial charge in [0.05, 0.1) is 36.5 Å². The van der Waals surface area contributed by atoms with Crippen LogP contribution in [0.15, 0.2) is 23.4 Å². The van der Waals surface area contributed by atoms with Crippen molar-refractivity contribution in [2.75, 3.05) is 11.9 Å². The molecule has 1 N–H and O–H groups in total. The Balaban J connectivity index is 1.92. The van der Waals surface area contributed by atoms with E-state index in [0.29, 0.717) is 18.8 Å². The molecule has 1 aliphatic rings. The Hall–Kier alpha value is -1.67. The number of imidazole rings is 1. The summed E-state index contributed by atoms with van der Waals surface area (Å²) in [4.78, 5) is 7.40. The lowest BCUT2D eigenvalue weighted by molar-refractivity contribution is 0.0176. The summed E-state index contributed by atoms with van der Waals surface area (Å²) < 4.78 is 12.0. The van der Waals surface area contributed by atoms with Gasteiger partial charge in [-0.05, 0) is 45.6 Å². The van der Waals surface area contributed by atoms with Gasteiger partial charge in [-0.15, -0.1) is 0 Å². The van der Waals surface area contributed by atoms with Crippen LogP contribution in [0.25, 0.3) is 6.08 Å². The first-order chi connectivity index (χ1) is 11.4. The van der Waals surface area contributed by atoms with Gasteiger partial charge in [-0.25, -0.2) is 4.98 Å². The molecule has 1 aromatic heterocycles. The van der Waals surface area contributed by atoms with Gasteiger partial charge in [0.15, 0.2) is 5.76 Å². The summed E-state index contributed by atoms with van der Waals surface area (Å²) in [5.41, 5.74) is 2.84. The van der Waals surface area contributed by atoms with E-state index >= 15 is 0 Å². The Labute approximate surface area is 152 Å². The van der Waals surface area contributed by atoms with Gasteiger partial charge in [0.25, 0.3) is 0 Å². The molecule has 0 spiro atoms. The molecule has 2 rings (SSSR count). The summed E-state index contributed by atoms with van der Waals surface area (Å²) in [7, 11) is 0. The second-order valence-electron chi connectivity index (χ2n) is 6.49. The summed E-state index contributed by atoms with van der Waals surface area (Å²) >= 11 is 3.45. The second-order valence-corrected chi connectivity index (χ2v) is 7.28. The molecule has 0 saturated heterocycles. The van der Waals surface area contributed by atoms with Gasteiger partial charge in [-0.3, -0.25) is 0 Å². The zero-order chi connectivity index (χ0) is 17.6. The van der Waals surface area contributed by atoms with Crippen molar-refractivity contribution in [3.05, 3.63) is 34.8 Å². The first kappa shape index (κ1) is 18.7. The van der Waals surface area contributed by atoms with Crippen molar-refractivity contribution >= 4 is 22.0 Å². The van der Waals surface area contributed by atoms with Crippen molar-refractivity contribution in [2.24, 2.45) is 0 Å². The number of nitrogens with zero attached hydrogens (tertiary/aromatic N) is 1. The smallest absolute Gasteiger partial charge is 0.173 e. The normalized spacial score (nSPS) is 14.6. The maximum atomic E-state index is 6.10. The van der Waals surface area contributed by atoms with Gasteiger partial charge >= 0.3 is 0 Å². The van der Waals surface area contributed by atoms with E-state index in [2.05, 4.69) is 58.5 Å². The Bertz CT molecular complexity index is 690. The maximum absolute atomic E-state index is 6.10. The van der Waals surface area contributed by atoms with E-state index < -0.39 is 0 Å². The molecule has 5 heteroatoms. The van der Waals surface area contributed by atoms with Crippen LogP contribution in [0.3, 0.4) is 0 Å². The van der Waals surface area contributed by atoms with Gasteiger partial charge in [0, 0.05) is 17.8 Å². The van der Waals surface area contributed by atoms with Crippen molar-refractivity contribution < 1.29 is 9.47 Å². The molecular formula is C19H25BrN2O2. The van der Waals surface area contributed by atoms with Crippen LogP contribution in [0.4, 0.5) is 0 Å². The van der Waals surface area contributed by atoms with Crippen molar-refractivity contribution in [1.29, 1.82) is 0 Å². The molecule has 1 heterocycles. The Morgan fingerprint density at radius 1 is 1.42 bits per heavy atom. The molecule has 24 heavy (non-hydrogen) atoms. The minimum absolute atomic E-state index is 0.356. The van der Waals surface area contributed by atoms with E-state index in [1.807, 2.05) is 13.0 Å². The van der Waals surface area contributed by atoms with Crippen LogP contribution in [0.5, 0.6) is 0 Å². The molecule has 0 atom stereocenters. The predicted molar refractivity (Wildman–Crippen MR) is 101 cm³/mol. The maximum Gasteiger partial charge on any atom is 0.173 e. The molecule has 0 bridgehead atoms. The van der Waals surface area contributed by atoms with Gasteiger partial charge in [-0.2, -0.15) is 0 Å². The van der Waals surface area contributed by atoms with Gasteiger partial charge in [0.2, 0.25) is 0 Å². The molecule has 130 valence electrons. The lowest BCUT2D eigenvalue weighted by Crippen LogP contribution is -2.25. The van der Waals surface area contributed by atoms with E-state index in [1.165, 1.54) is 5.57 Å². The third-order valence-electron chi connectivity index (χ3n) is 3.98. The fourth-order valence-corrected chi connectivity index (χ4v) is 2.87. The van der Waals surface area contributed by atoms with Crippen molar-refractivity contribution in [1.82, 2.24) is 9.97 Å². The zero-order valence-corrected chi connectivity index (χ0v) is 16.4. The van der Waals surface area contributed by atoms with Crippen LogP contribution in [0.2, 0.25) is 0 Å². The van der Waals surface area contributed by atoms with Crippen LogP contribution >= 0.6 is 15.9 Å². The highest BCUT2D eigenvalue weighted by atomic mass is 79.9. The molecular weight excluding hydrogens is 368 g/mol. The molecule has 4 nitrogen and oxygen atoms in total. The van der Waals surface area contributed by atoms with Crippen molar-refractivity contribution in [3.63, 3.8) is 0 Å². The molecule has 0 aromatic carbocycles. The third-order valence-corrected chi connectivity index (χ3v) is 4.37. The summed E-state index contributed by atoms with van der Waals surface area (Å²) in [6.07, 6.45) is 6.03. The SMILES string of the molecule is C/C(CCBr)=C(\C)OCCC(C)(C)OC1=Cc2nc[nH]c2CC#C1. The average Bonchev–Trinajstić information content (AvgIpc) is 2.85. The largest absolute Gasteiger partial charge is 0.498 e. The first-order valence-corrected chi connectivity index (χ1v) is 9.30. The standard InChI is InChI=1S/C19H25BrN2O2/c1-14(8-10-20)15(2)23-11-9-19(3,4)24-16-6-5-7-17-18(12-16)22-13-21-17/h12-13H,7-11H2,1-4H3,(H,21,22)/b15-14-. The number of halogens is 1. The number of hydrogen-bond acceptors (Lipinski definition) is 3. The molecule has 0 amide bonds. The molecule has 0 saturated carbocycles. The molecule has 0 aliphatic heterocycles. The first-order valence-electron chi connectivity index (χ1n) is 8.18. The minimum atomic E-state index is -0.356. The molecule has 1 aliphatic carbocycles. The second kappa shape index (κ2) is 8.43. The number of ether oxygens (including phenoxy) is 2. The summed E-state index contributed by atoms with van der Waals surface area (Å²) in [6.45, 7) is 8.85. The summed E-state index contributed by atoms with van der Waals surface area (Å²) in [5.74, 6) is 7.85. The number of H-pyrrole nitrogens is 1. The average molecular weight is 393 g/mol. The Morgan fingerprint density at radius 2 is 2.21 bits per heavy atom. The summed E-state index contributed by atoms with van der Waals surface area (Å²) in [6, 6.07) is 0. The fourth-order valence-electron chi connectivity index (χ4n) is 2.27. The quantitative estimate of drug-likeness (QED) is 0.399. The Morgan fingerprint density at radius 3 is 2.96 bits per heavy atom. The highest BCUT2D eigenvalue weighted by molar-refractivity contribution is 9.09. The number of alkyl halides is 1. The topological polar surface area (TPSA) is 47.1 Å². The third kappa shape index (κ3) is 5.45. The van der Waals surface area contributed by atoms with Crippen LogP contribution < -0.4 is 0 Å². The van der Waals surface area contributed by atoms with E-state index in [9.17, 15) is 0 Å². The number of hydrogen-bond donors (Lipinski definition) is 1. The fraction of sp³-hybridized carbons (Fsp3) is 0.526. The summed E-state index contributed by atoms with van der Waals surface area (Å²) in [5, 5.41) is 0.955. The molecule has 0 unspecified atom stereocenters. The number of fused-ring (bicyclic) bond motifs is 1. The predicted octanol–water partition coefficient (Wildman–Crippen LogP) is 4.59. The van der Waals surface area contributed by atoms with Crippen molar-refractivity contribution in [3.8, 4) is 11.8 Å². The van der Waals surface area contributed by atoms with E-state index in [4.69, 9.17) is 9.47 Å². The van der Waals surface area contributed by atoms with Crippen LogP contribution in [0, 0.1) is 11.8 Å². The van der Waals surface area contributed by atoms with E-state index in [0.717, 1.165) is 35.3 Å². The highest BCUT2D eigenvalue weighted by Gasteiger charge is 2.22. The highest BCUT2D eigenvalue weighted by Crippen LogP contribution is 2.23. The van der Waals surface area contributed by atoms with Gasteiger partial charge in [0.1, 0.15) is 5.60 Å². The van der Waals surface area contributed by atoms with Crippen LogP contribution in [-0.2, 0) is 15.9 Å². The molecule has 0 radical (unpaired) electrons. The van der Waals surface area contributed by atoms with E-state index in [1.54, 1.807) is 6.33 Å². The van der Waals surface area contributed by atoms with Crippen LogP contribution in [-0.4, -0.2) is 27.5 Å². The number of aromatic amines is 1. The lowest BCUT2D eigenvalue weighted by Gasteiger charge is -2.26. The number of allylic oxidation sites excluding steroid dienone is 3. The Kier molecular flexibility index (Phi) is 6.56. The number of rotatable bonds is 8. The van der Waals surface area contributed by atoms with Gasteiger partial charge in [-0.1, -0.05) is 21.9 Å². The molecule has 1 aromatic rings. The van der Waals surface area contributed by atoms with Crippen LogP contribution in [0.1, 0.15) is 51.9 Å². The minimum Gasteiger partial charge on any atom is -0.498 e. The zero-order valence-electron chi connectivity index (χ0n) is 14.8. The number of aromatic nitrogens is 2. The molecule has 0 fully saturated rings. The van der Waals surface area contributed by atoms with Gasteiger partial charge < -0.3 is 14.5 Å².